The molecule has 6 heteroatoms. The van der Waals surface area contributed by atoms with Crippen molar-refractivity contribution in [3.05, 3.63) is 44.9 Å². The third kappa shape index (κ3) is 1.97. The van der Waals surface area contributed by atoms with E-state index in [1.807, 2.05) is 17.7 Å². The van der Waals surface area contributed by atoms with Gasteiger partial charge in [0.25, 0.3) is 0 Å². The summed E-state index contributed by atoms with van der Waals surface area (Å²) in [6.07, 6.45) is 1.85. The number of nitrogens with one attached hydrogen (secondary N) is 1. The molecule has 18 heavy (non-hydrogen) atoms. The van der Waals surface area contributed by atoms with Crippen LogP contribution in [0.25, 0.3) is 11.0 Å². The molecule has 2 aromatic heterocycles. The summed E-state index contributed by atoms with van der Waals surface area (Å²) in [4.78, 5) is 8.37. The molecule has 0 saturated heterocycles. The Morgan fingerprint density at radius 2 is 2.33 bits per heavy atom. The number of halogens is 1. The van der Waals surface area contributed by atoms with Crippen molar-refractivity contribution in [2.45, 2.75) is 13.5 Å². The molecule has 0 unspecified atom stereocenters. The predicted molar refractivity (Wildman–Crippen MR) is 73.0 cm³/mol. The van der Waals surface area contributed by atoms with Crippen LogP contribution in [0.3, 0.4) is 0 Å². The molecule has 3 rings (SSSR count). The smallest absolute Gasteiger partial charge is 0.178 e. The van der Waals surface area contributed by atoms with Crippen molar-refractivity contribution in [3.8, 4) is 0 Å². The molecular formula is C12H10FN3S2. The van der Waals surface area contributed by atoms with Crippen molar-refractivity contribution in [3.63, 3.8) is 0 Å². The van der Waals surface area contributed by atoms with Gasteiger partial charge >= 0.3 is 0 Å². The highest BCUT2D eigenvalue weighted by Gasteiger charge is 2.07. The van der Waals surface area contributed by atoms with Crippen LogP contribution in [0.2, 0.25) is 0 Å². The van der Waals surface area contributed by atoms with E-state index in [-0.39, 0.29) is 5.82 Å². The lowest BCUT2D eigenvalue weighted by atomic mass is 10.3. The molecule has 0 atom stereocenters. The lowest BCUT2D eigenvalue weighted by molar-refractivity contribution is 0.629. The molecule has 0 aliphatic rings. The van der Waals surface area contributed by atoms with Crippen LogP contribution in [0.5, 0.6) is 0 Å². The Balaban J connectivity index is 2.11. The van der Waals surface area contributed by atoms with E-state index in [2.05, 4.69) is 9.97 Å². The maximum absolute atomic E-state index is 13.1. The fourth-order valence-electron chi connectivity index (χ4n) is 1.93. The van der Waals surface area contributed by atoms with Gasteiger partial charge < -0.3 is 9.55 Å². The predicted octanol–water partition coefficient (Wildman–Crippen LogP) is 3.65. The van der Waals surface area contributed by atoms with Gasteiger partial charge in [0, 0.05) is 11.1 Å². The lowest BCUT2D eigenvalue weighted by Crippen LogP contribution is -1.97. The molecule has 1 N–H and O–H groups in total. The largest absolute Gasteiger partial charge is 0.330 e. The summed E-state index contributed by atoms with van der Waals surface area (Å²) in [6, 6.07) is 4.64. The van der Waals surface area contributed by atoms with Crippen LogP contribution in [-0.2, 0) is 6.54 Å². The van der Waals surface area contributed by atoms with Crippen LogP contribution < -0.4 is 0 Å². The Kier molecular flexibility index (Phi) is 2.76. The summed E-state index contributed by atoms with van der Waals surface area (Å²) >= 11 is 6.91. The number of thiazole rings is 1. The van der Waals surface area contributed by atoms with Gasteiger partial charge in [-0.3, -0.25) is 0 Å². The van der Waals surface area contributed by atoms with Crippen molar-refractivity contribution in [2.24, 2.45) is 0 Å². The number of fused-ring (bicyclic) bond motifs is 1. The van der Waals surface area contributed by atoms with E-state index in [1.54, 1.807) is 17.4 Å². The van der Waals surface area contributed by atoms with E-state index in [0.29, 0.717) is 11.3 Å². The molecule has 3 nitrogen and oxygen atoms in total. The average Bonchev–Trinajstić information content (AvgIpc) is 2.84. The summed E-state index contributed by atoms with van der Waals surface area (Å²) in [6.45, 7) is 2.63. The number of aromatic amines is 1. The molecule has 92 valence electrons. The van der Waals surface area contributed by atoms with Crippen molar-refractivity contribution < 1.29 is 4.39 Å². The highest BCUT2D eigenvalue weighted by Crippen LogP contribution is 2.19. The second kappa shape index (κ2) is 4.29. The maximum Gasteiger partial charge on any atom is 0.178 e. The summed E-state index contributed by atoms with van der Waals surface area (Å²) in [5.74, 6) is -0.264. The second-order valence-corrected chi connectivity index (χ2v) is 5.73. The fraction of sp³-hybridized carbons (Fsp3) is 0.167. The summed E-state index contributed by atoms with van der Waals surface area (Å²) in [5.41, 5.74) is 1.63. The topological polar surface area (TPSA) is 33.6 Å². The van der Waals surface area contributed by atoms with Gasteiger partial charge in [-0.15, -0.1) is 11.3 Å². The maximum atomic E-state index is 13.1. The first-order chi connectivity index (χ1) is 8.63. The molecule has 0 fully saturated rings. The number of aromatic nitrogens is 3. The molecule has 0 aliphatic carbocycles. The second-order valence-electron chi connectivity index (χ2n) is 4.02. The van der Waals surface area contributed by atoms with Crippen LogP contribution in [0, 0.1) is 17.5 Å². The van der Waals surface area contributed by atoms with Crippen LogP contribution in [0.1, 0.15) is 9.88 Å². The minimum absolute atomic E-state index is 0.264. The fourth-order valence-corrected chi connectivity index (χ4v) is 2.98. The molecule has 0 aliphatic heterocycles. The van der Waals surface area contributed by atoms with Gasteiger partial charge in [0.1, 0.15) is 5.82 Å². The van der Waals surface area contributed by atoms with Gasteiger partial charge in [0.2, 0.25) is 0 Å². The van der Waals surface area contributed by atoms with E-state index in [1.165, 1.54) is 12.1 Å². The number of benzene rings is 1. The van der Waals surface area contributed by atoms with Gasteiger partial charge in [-0.25, -0.2) is 9.37 Å². The molecule has 3 aromatic rings. The summed E-state index contributed by atoms with van der Waals surface area (Å²) in [7, 11) is 0. The zero-order valence-corrected chi connectivity index (χ0v) is 11.2. The number of hydrogen-bond acceptors (Lipinski definition) is 3. The first kappa shape index (κ1) is 11.6. The number of hydrogen-bond donors (Lipinski definition) is 1. The quantitative estimate of drug-likeness (QED) is 0.726. The number of H-pyrrole nitrogens is 1. The molecular weight excluding hydrogens is 269 g/mol. The lowest BCUT2D eigenvalue weighted by Gasteiger charge is -2.01. The Labute approximate surface area is 112 Å². The third-order valence-corrected chi connectivity index (χ3v) is 3.94. The zero-order valence-electron chi connectivity index (χ0n) is 9.61. The van der Waals surface area contributed by atoms with Crippen LogP contribution in [-0.4, -0.2) is 14.5 Å². The Bertz CT molecular complexity index is 769. The monoisotopic (exact) mass is 279 g/mol. The van der Waals surface area contributed by atoms with E-state index in [0.717, 1.165) is 20.9 Å². The van der Waals surface area contributed by atoms with Gasteiger partial charge in [0.05, 0.1) is 22.6 Å². The molecule has 0 bridgehead atoms. The van der Waals surface area contributed by atoms with Gasteiger partial charge in [-0.2, -0.15) is 0 Å². The van der Waals surface area contributed by atoms with Gasteiger partial charge in [-0.05, 0) is 37.3 Å². The first-order valence-electron chi connectivity index (χ1n) is 5.43. The van der Waals surface area contributed by atoms with E-state index < -0.39 is 0 Å². The highest BCUT2D eigenvalue weighted by molar-refractivity contribution is 7.71. The van der Waals surface area contributed by atoms with Gasteiger partial charge in [0.15, 0.2) is 4.77 Å². The molecule has 2 heterocycles. The van der Waals surface area contributed by atoms with Crippen molar-refractivity contribution in [1.29, 1.82) is 0 Å². The van der Waals surface area contributed by atoms with E-state index in [9.17, 15) is 4.39 Å². The summed E-state index contributed by atoms with van der Waals surface area (Å²) < 4.78 is 15.7. The third-order valence-electron chi connectivity index (χ3n) is 2.72. The van der Waals surface area contributed by atoms with E-state index in [4.69, 9.17) is 12.2 Å². The van der Waals surface area contributed by atoms with Crippen molar-refractivity contribution >= 4 is 34.6 Å². The van der Waals surface area contributed by atoms with Crippen molar-refractivity contribution in [2.75, 3.05) is 0 Å². The van der Waals surface area contributed by atoms with Crippen LogP contribution >= 0.6 is 23.6 Å². The normalized spacial score (nSPS) is 11.2. The van der Waals surface area contributed by atoms with Crippen LogP contribution in [0.4, 0.5) is 4.39 Å². The number of aryl methyl sites for hydroxylation is 1. The standard InChI is InChI=1S/C12H10FN3S2/c1-7-14-5-9(18-7)6-16-11-3-2-8(13)4-10(11)15-12(16)17/h2-5H,6H2,1H3,(H,15,17). The molecule has 0 radical (unpaired) electrons. The number of imidazole rings is 1. The minimum atomic E-state index is -0.264. The Hall–Kier alpha value is -1.53. The zero-order chi connectivity index (χ0) is 12.7. The minimum Gasteiger partial charge on any atom is -0.330 e. The first-order valence-corrected chi connectivity index (χ1v) is 6.65. The summed E-state index contributed by atoms with van der Waals surface area (Å²) in [5, 5.41) is 1.03. The Morgan fingerprint density at radius 3 is 3.06 bits per heavy atom. The number of nitrogens with zero attached hydrogens (tertiary/aromatic N) is 2. The van der Waals surface area contributed by atoms with Gasteiger partial charge in [-0.1, -0.05) is 0 Å². The van der Waals surface area contributed by atoms with Crippen molar-refractivity contribution in [1.82, 2.24) is 14.5 Å². The SMILES string of the molecule is Cc1ncc(Cn2c(=S)[nH]c3cc(F)ccc32)s1. The number of rotatable bonds is 2. The molecule has 0 saturated carbocycles. The molecule has 0 spiro atoms. The average molecular weight is 279 g/mol. The highest BCUT2D eigenvalue weighted by atomic mass is 32.1. The molecule has 0 amide bonds. The van der Waals surface area contributed by atoms with E-state index >= 15 is 0 Å². The molecule has 1 aromatic carbocycles. The Morgan fingerprint density at radius 1 is 1.50 bits per heavy atom. The van der Waals surface area contributed by atoms with Crippen LogP contribution in [0.15, 0.2) is 24.4 Å².